The molecule has 25 heavy (non-hydrogen) atoms. The van der Waals surface area contributed by atoms with Crippen LogP contribution in [0.15, 0.2) is 34.8 Å². The van der Waals surface area contributed by atoms with Gasteiger partial charge in [-0.05, 0) is 31.2 Å². The Balaban J connectivity index is 1.76. The third kappa shape index (κ3) is 3.63. The lowest BCUT2D eigenvalue weighted by Crippen LogP contribution is -2.23. The Hall–Kier alpha value is -3.29. The van der Waals surface area contributed by atoms with Crippen molar-refractivity contribution >= 4 is 17.7 Å². The largest absolute Gasteiger partial charge is 0.464 e. The molecule has 0 radical (unpaired) electrons. The molecular formula is C17H16N2O6. The summed E-state index contributed by atoms with van der Waals surface area (Å²) in [7, 11) is 1.62. The fourth-order valence-corrected chi connectivity index (χ4v) is 2.41. The van der Waals surface area contributed by atoms with Gasteiger partial charge in [-0.25, -0.2) is 0 Å². The highest BCUT2D eigenvalue weighted by Crippen LogP contribution is 2.38. The van der Waals surface area contributed by atoms with Gasteiger partial charge in [-0.2, -0.15) is 0 Å². The maximum atomic E-state index is 12.2. The zero-order valence-electron chi connectivity index (χ0n) is 13.7. The molecule has 0 saturated carbocycles. The summed E-state index contributed by atoms with van der Waals surface area (Å²) in [4.78, 5) is 24.4. The van der Waals surface area contributed by atoms with Crippen LogP contribution >= 0.6 is 0 Å². The molecule has 0 atom stereocenters. The van der Waals surface area contributed by atoms with Crippen LogP contribution in [0.1, 0.15) is 17.1 Å². The van der Waals surface area contributed by atoms with E-state index >= 15 is 0 Å². The predicted molar refractivity (Wildman–Crippen MR) is 88.2 cm³/mol. The molecule has 8 nitrogen and oxygen atoms in total. The predicted octanol–water partition coefficient (Wildman–Crippen LogP) is 2.90. The number of hydrogen-bond acceptors (Lipinski definition) is 6. The lowest BCUT2D eigenvalue weighted by Gasteiger charge is -2.13. The molecule has 2 aromatic rings. The van der Waals surface area contributed by atoms with Crippen molar-refractivity contribution in [2.75, 3.05) is 13.8 Å². The summed E-state index contributed by atoms with van der Waals surface area (Å²) in [5.74, 6) is 1.86. The van der Waals surface area contributed by atoms with Gasteiger partial charge in [0.2, 0.25) is 12.7 Å². The second-order valence-corrected chi connectivity index (χ2v) is 5.56. The summed E-state index contributed by atoms with van der Waals surface area (Å²) in [6, 6.07) is 6.40. The Bertz CT molecular complexity index is 855. The molecule has 1 aromatic carbocycles. The van der Waals surface area contributed by atoms with Gasteiger partial charge in [-0.1, -0.05) is 0 Å². The molecule has 0 spiro atoms. The lowest BCUT2D eigenvalue weighted by atomic mass is 10.1. The van der Waals surface area contributed by atoms with E-state index in [1.807, 2.05) is 13.0 Å². The van der Waals surface area contributed by atoms with Crippen LogP contribution in [0.2, 0.25) is 0 Å². The Morgan fingerprint density at radius 1 is 1.32 bits per heavy atom. The minimum Gasteiger partial charge on any atom is -0.464 e. The number of ether oxygens (including phenoxy) is 2. The van der Waals surface area contributed by atoms with E-state index in [1.54, 1.807) is 13.1 Å². The van der Waals surface area contributed by atoms with Crippen molar-refractivity contribution in [1.29, 1.82) is 0 Å². The number of hydrogen-bond donors (Lipinski definition) is 0. The van der Waals surface area contributed by atoms with E-state index in [4.69, 9.17) is 13.9 Å². The standard InChI is InChI=1S/C17H16N2O6/c1-11-3-5-13(25-11)9-18(2)17(20)6-4-12-7-15-16(24-10-23-15)8-14(12)19(21)22/h3-8H,9-10H2,1-2H3/b6-4+. The van der Waals surface area contributed by atoms with Gasteiger partial charge in [0.1, 0.15) is 11.5 Å². The van der Waals surface area contributed by atoms with Gasteiger partial charge >= 0.3 is 0 Å². The Kier molecular flexibility index (Phi) is 4.42. The van der Waals surface area contributed by atoms with Crippen molar-refractivity contribution in [3.05, 3.63) is 57.5 Å². The number of nitrogens with zero attached hydrogens (tertiary/aromatic N) is 2. The molecule has 1 amide bonds. The Morgan fingerprint density at radius 2 is 2.04 bits per heavy atom. The van der Waals surface area contributed by atoms with Crippen LogP contribution in [-0.4, -0.2) is 29.6 Å². The average Bonchev–Trinajstić information content (AvgIpc) is 3.19. The third-order valence-corrected chi connectivity index (χ3v) is 3.69. The SMILES string of the molecule is Cc1ccc(CN(C)C(=O)/C=C/c2cc3c(cc2[N+](=O)[O-])OCO3)o1. The number of amides is 1. The summed E-state index contributed by atoms with van der Waals surface area (Å²) in [5.41, 5.74) is 0.113. The molecule has 1 aliphatic heterocycles. The molecule has 0 N–H and O–H groups in total. The first-order valence-corrected chi connectivity index (χ1v) is 7.50. The molecule has 1 aromatic heterocycles. The summed E-state index contributed by atoms with van der Waals surface area (Å²) < 4.78 is 15.8. The average molecular weight is 344 g/mol. The van der Waals surface area contributed by atoms with E-state index in [-0.39, 0.29) is 24.0 Å². The van der Waals surface area contributed by atoms with Gasteiger partial charge in [-0.3, -0.25) is 14.9 Å². The normalized spacial score (nSPS) is 12.6. The summed E-state index contributed by atoms with van der Waals surface area (Å²) in [5, 5.41) is 11.2. The smallest absolute Gasteiger partial charge is 0.280 e. The number of fused-ring (bicyclic) bond motifs is 1. The molecular weight excluding hydrogens is 328 g/mol. The molecule has 0 saturated heterocycles. The summed E-state index contributed by atoms with van der Waals surface area (Å²) >= 11 is 0. The lowest BCUT2D eigenvalue weighted by molar-refractivity contribution is -0.385. The van der Waals surface area contributed by atoms with Crippen LogP contribution in [0, 0.1) is 17.0 Å². The fourth-order valence-electron chi connectivity index (χ4n) is 2.41. The molecule has 0 unspecified atom stereocenters. The van der Waals surface area contributed by atoms with Crippen molar-refractivity contribution in [3.8, 4) is 11.5 Å². The van der Waals surface area contributed by atoms with Crippen molar-refractivity contribution in [2.45, 2.75) is 13.5 Å². The minimum absolute atomic E-state index is 0.0177. The zero-order valence-corrected chi connectivity index (χ0v) is 13.7. The van der Waals surface area contributed by atoms with Gasteiger partial charge in [0.05, 0.1) is 23.1 Å². The monoisotopic (exact) mass is 344 g/mol. The van der Waals surface area contributed by atoms with Crippen LogP contribution in [0.4, 0.5) is 5.69 Å². The van der Waals surface area contributed by atoms with Crippen LogP contribution < -0.4 is 9.47 Å². The summed E-state index contributed by atoms with van der Waals surface area (Å²) in [6.45, 7) is 2.15. The van der Waals surface area contributed by atoms with E-state index in [2.05, 4.69) is 0 Å². The first-order chi connectivity index (χ1) is 11.9. The van der Waals surface area contributed by atoms with E-state index < -0.39 is 4.92 Å². The first kappa shape index (κ1) is 16.6. The highest BCUT2D eigenvalue weighted by atomic mass is 16.7. The van der Waals surface area contributed by atoms with Gasteiger partial charge < -0.3 is 18.8 Å². The number of nitro benzene ring substituents is 1. The first-order valence-electron chi connectivity index (χ1n) is 7.50. The van der Waals surface area contributed by atoms with Crippen LogP contribution in [0.25, 0.3) is 6.08 Å². The number of likely N-dealkylation sites (N-methyl/N-ethyl adjacent to an activating group) is 1. The van der Waals surface area contributed by atoms with Gasteiger partial charge in [0.25, 0.3) is 5.69 Å². The van der Waals surface area contributed by atoms with Crippen LogP contribution in [-0.2, 0) is 11.3 Å². The number of aryl methyl sites for hydroxylation is 1. The van der Waals surface area contributed by atoms with Crippen LogP contribution in [0.3, 0.4) is 0 Å². The minimum atomic E-state index is -0.526. The molecule has 2 heterocycles. The topological polar surface area (TPSA) is 95.1 Å². The second-order valence-electron chi connectivity index (χ2n) is 5.56. The van der Waals surface area contributed by atoms with Crippen molar-refractivity contribution in [2.24, 2.45) is 0 Å². The maximum Gasteiger partial charge on any atom is 0.280 e. The van der Waals surface area contributed by atoms with Crippen molar-refractivity contribution in [1.82, 2.24) is 4.90 Å². The zero-order chi connectivity index (χ0) is 18.0. The van der Waals surface area contributed by atoms with E-state index in [0.29, 0.717) is 23.8 Å². The van der Waals surface area contributed by atoms with Crippen molar-refractivity contribution in [3.63, 3.8) is 0 Å². The molecule has 0 aliphatic carbocycles. The van der Waals surface area contributed by atoms with Gasteiger partial charge in [0.15, 0.2) is 11.5 Å². The van der Waals surface area contributed by atoms with E-state index in [1.165, 1.54) is 29.2 Å². The number of carbonyl (C=O) groups excluding carboxylic acids is 1. The highest BCUT2D eigenvalue weighted by Gasteiger charge is 2.22. The van der Waals surface area contributed by atoms with Crippen LogP contribution in [0.5, 0.6) is 11.5 Å². The maximum absolute atomic E-state index is 12.2. The highest BCUT2D eigenvalue weighted by molar-refractivity contribution is 5.92. The van der Waals surface area contributed by atoms with Crippen molar-refractivity contribution < 1.29 is 23.6 Å². The quantitative estimate of drug-likeness (QED) is 0.470. The molecule has 130 valence electrons. The number of nitro groups is 1. The van der Waals surface area contributed by atoms with Gasteiger partial charge in [-0.15, -0.1) is 0 Å². The molecule has 3 rings (SSSR count). The Morgan fingerprint density at radius 3 is 2.68 bits per heavy atom. The van der Waals surface area contributed by atoms with E-state index in [0.717, 1.165) is 5.76 Å². The Labute approximate surface area is 143 Å². The number of benzene rings is 1. The molecule has 0 fully saturated rings. The fraction of sp³-hybridized carbons (Fsp3) is 0.235. The van der Waals surface area contributed by atoms with Gasteiger partial charge in [0, 0.05) is 13.1 Å². The molecule has 8 heteroatoms. The molecule has 1 aliphatic rings. The number of carbonyl (C=O) groups is 1. The second kappa shape index (κ2) is 6.68. The van der Waals surface area contributed by atoms with E-state index in [9.17, 15) is 14.9 Å². The third-order valence-electron chi connectivity index (χ3n) is 3.69. The summed E-state index contributed by atoms with van der Waals surface area (Å²) in [6.07, 6.45) is 2.67. The molecule has 0 bridgehead atoms. The number of rotatable bonds is 5. The number of furan rings is 1.